The molecule has 0 bridgehead atoms. The summed E-state index contributed by atoms with van der Waals surface area (Å²) in [5.74, 6) is 0.798. The lowest BCUT2D eigenvalue weighted by molar-refractivity contribution is -0.117. The highest BCUT2D eigenvalue weighted by Gasteiger charge is 2.17. The molecule has 6 heteroatoms. The smallest absolute Gasteiger partial charge is 0.319 e. The van der Waals surface area contributed by atoms with Gasteiger partial charge in [-0.3, -0.25) is 0 Å². The molecule has 1 atom stereocenters. The van der Waals surface area contributed by atoms with Gasteiger partial charge in [0.2, 0.25) is 0 Å². The second-order valence-corrected chi connectivity index (χ2v) is 4.95. The molecule has 0 radical (unpaired) electrons. The van der Waals surface area contributed by atoms with E-state index in [-0.39, 0.29) is 12.1 Å². The number of nitrogens with one attached hydrogen (secondary N) is 2. The lowest BCUT2D eigenvalue weighted by Crippen LogP contribution is -2.44. The molecular formula is C16H26N2O4. The van der Waals surface area contributed by atoms with Gasteiger partial charge < -0.3 is 24.8 Å². The second kappa shape index (κ2) is 10.0. The van der Waals surface area contributed by atoms with Gasteiger partial charge in [0.05, 0.1) is 12.6 Å². The Morgan fingerprint density at radius 3 is 2.36 bits per heavy atom. The average Bonchev–Trinajstić information content (AvgIpc) is 2.50. The van der Waals surface area contributed by atoms with E-state index >= 15 is 0 Å². The summed E-state index contributed by atoms with van der Waals surface area (Å²) in [4.78, 5) is 11.9. The Labute approximate surface area is 132 Å². The van der Waals surface area contributed by atoms with Crippen LogP contribution in [0.4, 0.5) is 10.5 Å². The molecule has 2 amide bonds. The zero-order valence-corrected chi connectivity index (χ0v) is 13.7. The van der Waals surface area contributed by atoms with Crippen LogP contribution < -0.4 is 15.4 Å². The summed E-state index contributed by atoms with van der Waals surface area (Å²) in [6, 6.07) is 6.69. The fraction of sp³-hybridized carbons (Fsp3) is 0.562. The maximum atomic E-state index is 11.9. The summed E-state index contributed by atoms with van der Waals surface area (Å²) in [6.45, 7) is 4.63. The molecule has 0 saturated carbocycles. The molecule has 0 spiro atoms. The van der Waals surface area contributed by atoms with E-state index in [9.17, 15) is 4.79 Å². The largest absolute Gasteiger partial charge is 0.494 e. The maximum Gasteiger partial charge on any atom is 0.319 e. The Balaban J connectivity index is 2.44. The number of amides is 2. The number of hydrogen-bond donors (Lipinski definition) is 2. The van der Waals surface area contributed by atoms with E-state index in [1.54, 1.807) is 12.1 Å². The minimum Gasteiger partial charge on any atom is -0.494 e. The first-order valence-electron chi connectivity index (χ1n) is 7.46. The summed E-state index contributed by atoms with van der Waals surface area (Å²) in [5.41, 5.74) is 0.693. The van der Waals surface area contributed by atoms with Gasteiger partial charge in [-0.1, -0.05) is 13.3 Å². The molecule has 2 N–H and O–H groups in total. The molecule has 0 aliphatic carbocycles. The number of carbonyl (C=O) groups excluding carboxylic acids is 1. The Bertz CT molecular complexity index is 432. The third-order valence-electron chi connectivity index (χ3n) is 3.11. The molecule has 1 aromatic rings. The normalized spacial score (nSPS) is 12.0. The van der Waals surface area contributed by atoms with Crippen molar-refractivity contribution in [3.63, 3.8) is 0 Å². The van der Waals surface area contributed by atoms with Gasteiger partial charge in [0.25, 0.3) is 0 Å². The molecule has 1 unspecified atom stereocenters. The van der Waals surface area contributed by atoms with Crippen molar-refractivity contribution in [1.82, 2.24) is 5.32 Å². The number of carbonyl (C=O) groups is 1. The Morgan fingerprint density at radius 2 is 1.82 bits per heavy atom. The number of methoxy groups -OCH3 is 2. The topological polar surface area (TPSA) is 68.8 Å². The number of benzene rings is 1. The SMILES string of the molecule is CCCCOc1ccc(NC(=O)NC(C)C(OC)OC)cc1. The van der Waals surface area contributed by atoms with Gasteiger partial charge in [-0.2, -0.15) is 0 Å². The number of hydrogen-bond acceptors (Lipinski definition) is 4. The fourth-order valence-electron chi connectivity index (χ4n) is 1.92. The van der Waals surface area contributed by atoms with Crippen LogP contribution in [0.5, 0.6) is 5.75 Å². The molecule has 0 saturated heterocycles. The van der Waals surface area contributed by atoms with Crippen LogP contribution in [0, 0.1) is 0 Å². The van der Waals surface area contributed by atoms with Crippen molar-refractivity contribution in [2.24, 2.45) is 0 Å². The number of rotatable bonds is 9. The van der Waals surface area contributed by atoms with E-state index in [4.69, 9.17) is 14.2 Å². The standard InChI is InChI=1S/C16H26N2O4/c1-5-6-11-22-14-9-7-13(8-10-14)18-16(19)17-12(2)15(20-3)21-4/h7-10,12,15H,5-6,11H2,1-4H3,(H2,17,18,19). The fourth-order valence-corrected chi connectivity index (χ4v) is 1.92. The van der Waals surface area contributed by atoms with Crippen LogP contribution in [0.15, 0.2) is 24.3 Å². The van der Waals surface area contributed by atoms with Crippen molar-refractivity contribution >= 4 is 11.7 Å². The highest BCUT2D eigenvalue weighted by molar-refractivity contribution is 5.89. The van der Waals surface area contributed by atoms with Crippen molar-refractivity contribution in [2.75, 3.05) is 26.1 Å². The Kier molecular flexibility index (Phi) is 8.32. The molecular weight excluding hydrogens is 284 g/mol. The molecule has 0 aliphatic rings. The highest BCUT2D eigenvalue weighted by Crippen LogP contribution is 2.16. The first kappa shape index (κ1) is 18.3. The Morgan fingerprint density at radius 1 is 1.18 bits per heavy atom. The Hall–Kier alpha value is -1.79. The van der Waals surface area contributed by atoms with Crippen LogP contribution in [-0.4, -0.2) is 39.2 Å². The van der Waals surface area contributed by atoms with Crippen LogP contribution in [-0.2, 0) is 9.47 Å². The van der Waals surface area contributed by atoms with E-state index in [1.165, 1.54) is 14.2 Å². The van der Waals surface area contributed by atoms with Crippen LogP contribution in [0.1, 0.15) is 26.7 Å². The van der Waals surface area contributed by atoms with Gasteiger partial charge in [0, 0.05) is 19.9 Å². The van der Waals surface area contributed by atoms with E-state index in [0.29, 0.717) is 12.3 Å². The van der Waals surface area contributed by atoms with Gasteiger partial charge >= 0.3 is 6.03 Å². The summed E-state index contributed by atoms with van der Waals surface area (Å²) < 4.78 is 15.8. The van der Waals surface area contributed by atoms with Crippen molar-refractivity contribution in [1.29, 1.82) is 0 Å². The van der Waals surface area contributed by atoms with Crippen LogP contribution >= 0.6 is 0 Å². The van der Waals surface area contributed by atoms with Gasteiger partial charge in [0.15, 0.2) is 6.29 Å². The minimum atomic E-state index is -0.486. The maximum absolute atomic E-state index is 11.9. The average molecular weight is 310 g/mol. The number of unbranched alkanes of at least 4 members (excludes halogenated alkanes) is 1. The van der Waals surface area contributed by atoms with Crippen LogP contribution in [0.25, 0.3) is 0 Å². The van der Waals surface area contributed by atoms with Crippen molar-refractivity contribution in [3.05, 3.63) is 24.3 Å². The lowest BCUT2D eigenvalue weighted by Gasteiger charge is -2.22. The molecule has 0 aromatic heterocycles. The van der Waals surface area contributed by atoms with Crippen molar-refractivity contribution in [2.45, 2.75) is 39.0 Å². The molecule has 6 nitrogen and oxygen atoms in total. The molecule has 124 valence electrons. The first-order valence-corrected chi connectivity index (χ1v) is 7.46. The monoisotopic (exact) mass is 310 g/mol. The summed E-state index contributed by atoms with van der Waals surface area (Å²) in [5, 5.41) is 5.51. The van der Waals surface area contributed by atoms with Crippen LogP contribution in [0.2, 0.25) is 0 Å². The van der Waals surface area contributed by atoms with Gasteiger partial charge in [0.1, 0.15) is 5.75 Å². The number of urea groups is 1. The quantitative estimate of drug-likeness (QED) is 0.543. The first-order chi connectivity index (χ1) is 10.6. The predicted octanol–water partition coefficient (Wildman–Crippen LogP) is 2.99. The second-order valence-electron chi connectivity index (χ2n) is 4.95. The molecule has 0 fully saturated rings. The van der Waals surface area contributed by atoms with Gasteiger partial charge in [-0.05, 0) is 37.6 Å². The summed E-state index contributed by atoms with van der Waals surface area (Å²) >= 11 is 0. The molecule has 0 heterocycles. The van der Waals surface area contributed by atoms with Crippen molar-refractivity contribution in [3.8, 4) is 5.75 Å². The van der Waals surface area contributed by atoms with E-state index in [1.807, 2.05) is 19.1 Å². The lowest BCUT2D eigenvalue weighted by atomic mass is 10.3. The van der Waals surface area contributed by atoms with E-state index in [0.717, 1.165) is 18.6 Å². The molecule has 1 aromatic carbocycles. The van der Waals surface area contributed by atoms with Crippen LogP contribution in [0.3, 0.4) is 0 Å². The summed E-state index contributed by atoms with van der Waals surface area (Å²) in [6.07, 6.45) is 1.64. The van der Waals surface area contributed by atoms with Crippen molar-refractivity contribution < 1.29 is 19.0 Å². The highest BCUT2D eigenvalue weighted by atomic mass is 16.7. The zero-order valence-electron chi connectivity index (χ0n) is 13.7. The predicted molar refractivity (Wildman–Crippen MR) is 86.3 cm³/mol. The zero-order chi connectivity index (χ0) is 16.4. The molecule has 22 heavy (non-hydrogen) atoms. The van der Waals surface area contributed by atoms with E-state index in [2.05, 4.69) is 17.6 Å². The van der Waals surface area contributed by atoms with Gasteiger partial charge in [-0.25, -0.2) is 4.79 Å². The third-order valence-corrected chi connectivity index (χ3v) is 3.11. The number of ether oxygens (including phenoxy) is 3. The minimum absolute atomic E-state index is 0.272. The third kappa shape index (κ3) is 6.32. The molecule has 0 aliphatic heterocycles. The molecule has 1 rings (SSSR count). The number of anilines is 1. The summed E-state index contributed by atoms with van der Waals surface area (Å²) in [7, 11) is 3.06. The van der Waals surface area contributed by atoms with E-state index < -0.39 is 6.29 Å². The van der Waals surface area contributed by atoms with Gasteiger partial charge in [-0.15, -0.1) is 0 Å².